The molecule has 1 saturated heterocycles. The fourth-order valence-electron chi connectivity index (χ4n) is 3.53. The highest BCUT2D eigenvalue weighted by Crippen LogP contribution is 2.23. The number of rotatable bonds is 6. The summed E-state index contributed by atoms with van der Waals surface area (Å²) in [5.74, 6) is -0.388. The molecule has 1 fully saturated rings. The number of likely N-dealkylation sites (N-methyl/N-ethyl adjacent to an activating group) is 1. The maximum absolute atomic E-state index is 13.0. The Morgan fingerprint density at radius 1 is 1.10 bits per heavy atom. The summed E-state index contributed by atoms with van der Waals surface area (Å²) in [7, 11) is -2.14. The number of hydrogen-bond donors (Lipinski definition) is 1. The number of nitrogens with one attached hydrogen (secondary N) is 1. The highest BCUT2D eigenvalue weighted by atomic mass is 32.2. The Morgan fingerprint density at radius 3 is 2.48 bits per heavy atom. The number of piperidine rings is 1. The number of aromatic nitrogens is 1. The van der Waals surface area contributed by atoms with Crippen LogP contribution in [0.25, 0.3) is 0 Å². The molecule has 3 rings (SSSR count). The summed E-state index contributed by atoms with van der Waals surface area (Å²) in [5.41, 5.74) is 1.87. The van der Waals surface area contributed by atoms with Crippen LogP contribution in [0.3, 0.4) is 0 Å². The van der Waals surface area contributed by atoms with Gasteiger partial charge in [-0.3, -0.25) is 9.59 Å². The van der Waals surface area contributed by atoms with Crippen LogP contribution in [-0.4, -0.2) is 61.1 Å². The fraction of sp³-hybridized carbons (Fsp3) is 0.409. The van der Waals surface area contributed by atoms with E-state index in [9.17, 15) is 18.0 Å². The number of amides is 2. The third-order valence-electron chi connectivity index (χ3n) is 5.30. The quantitative estimate of drug-likeness (QED) is 0.738. The average Bonchev–Trinajstić information content (AvgIpc) is 2.74. The van der Waals surface area contributed by atoms with Crippen LogP contribution in [0.5, 0.6) is 0 Å². The van der Waals surface area contributed by atoms with Gasteiger partial charge in [0.2, 0.25) is 15.9 Å². The molecule has 31 heavy (non-hydrogen) atoms. The molecular formula is C22H28N4O4S. The normalized spacial score (nSPS) is 14.8. The van der Waals surface area contributed by atoms with Gasteiger partial charge in [0.05, 0.1) is 11.4 Å². The van der Waals surface area contributed by atoms with Crippen molar-refractivity contribution in [1.82, 2.24) is 14.2 Å². The van der Waals surface area contributed by atoms with Crippen molar-refractivity contribution in [1.29, 1.82) is 0 Å². The lowest BCUT2D eigenvalue weighted by molar-refractivity contribution is -0.116. The number of sulfonamides is 1. The standard InChI is InChI=1S/C22H28N4O4S/c1-16-9-10-23-20(13-16)24-21(27)15-25(3)22(28)19-14-18(8-7-17(19)2)31(29,30)26-11-5-4-6-12-26/h7-10,13-14H,4-6,11-12,15H2,1-3H3,(H,23,24,27). The van der Waals surface area contributed by atoms with Gasteiger partial charge in [-0.05, 0) is 62.1 Å². The van der Waals surface area contributed by atoms with E-state index in [0.717, 1.165) is 24.8 Å². The zero-order chi connectivity index (χ0) is 22.6. The lowest BCUT2D eigenvalue weighted by atomic mass is 10.1. The number of hydrogen-bond acceptors (Lipinski definition) is 5. The molecule has 1 aromatic carbocycles. The maximum atomic E-state index is 13.0. The Labute approximate surface area is 183 Å². The first kappa shape index (κ1) is 22.9. The van der Waals surface area contributed by atoms with E-state index in [-0.39, 0.29) is 22.9 Å². The smallest absolute Gasteiger partial charge is 0.254 e. The van der Waals surface area contributed by atoms with Gasteiger partial charge in [0.1, 0.15) is 5.82 Å². The van der Waals surface area contributed by atoms with Crippen molar-refractivity contribution in [3.63, 3.8) is 0 Å². The summed E-state index contributed by atoms with van der Waals surface area (Å²) in [5, 5.41) is 2.67. The number of carbonyl (C=O) groups excluding carboxylic acids is 2. The molecule has 166 valence electrons. The van der Waals surface area contributed by atoms with Gasteiger partial charge in [0.15, 0.2) is 0 Å². The SMILES string of the molecule is Cc1ccnc(NC(=O)CN(C)C(=O)c2cc(S(=O)(=O)N3CCCCC3)ccc2C)c1. The zero-order valence-electron chi connectivity index (χ0n) is 18.1. The van der Waals surface area contributed by atoms with E-state index in [1.54, 1.807) is 25.3 Å². The van der Waals surface area contributed by atoms with Crippen LogP contribution in [0.4, 0.5) is 5.82 Å². The molecule has 2 aromatic rings. The lowest BCUT2D eigenvalue weighted by Crippen LogP contribution is -2.36. The monoisotopic (exact) mass is 444 g/mol. The highest BCUT2D eigenvalue weighted by Gasteiger charge is 2.27. The van der Waals surface area contributed by atoms with Crippen LogP contribution in [0.15, 0.2) is 41.4 Å². The van der Waals surface area contributed by atoms with Crippen molar-refractivity contribution in [3.05, 3.63) is 53.2 Å². The van der Waals surface area contributed by atoms with Gasteiger partial charge < -0.3 is 10.2 Å². The number of anilines is 1. The third-order valence-corrected chi connectivity index (χ3v) is 7.20. The number of benzene rings is 1. The van der Waals surface area contributed by atoms with Gasteiger partial charge in [-0.1, -0.05) is 12.5 Å². The van der Waals surface area contributed by atoms with E-state index >= 15 is 0 Å². The minimum atomic E-state index is -3.65. The zero-order valence-corrected chi connectivity index (χ0v) is 18.9. The molecule has 9 heteroatoms. The van der Waals surface area contributed by atoms with Gasteiger partial charge in [0.25, 0.3) is 5.91 Å². The molecule has 1 aromatic heterocycles. The first-order chi connectivity index (χ1) is 14.7. The third kappa shape index (κ3) is 5.48. The summed E-state index contributed by atoms with van der Waals surface area (Å²) in [6.45, 7) is 4.44. The number of aryl methyl sites for hydroxylation is 2. The molecule has 2 amide bonds. The topological polar surface area (TPSA) is 99.7 Å². The molecular weight excluding hydrogens is 416 g/mol. The summed E-state index contributed by atoms with van der Waals surface area (Å²) in [6.07, 6.45) is 4.29. The average molecular weight is 445 g/mol. The van der Waals surface area contributed by atoms with Crippen LogP contribution in [0.1, 0.15) is 40.7 Å². The minimum absolute atomic E-state index is 0.102. The van der Waals surface area contributed by atoms with Crippen LogP contribution >= 0.6 is 0 Å². The van der Waals surface area contributed by atoms with E-state index < -0.39 is 15.9 Å². The predicted octanol–water partition coefficient (Wildman–Crippen LogP) is 2.58. The Morgan fingerprint density at radius 2 is 1.81 bits per heavy atom. The Bertz CT molecular complexity index is 1080. The first-order valence-corrected chi connectivity index (χ1v) is 11.7. The summed E-state index contributed by atoms with van der Waals surface area (Å²) in [6, 6.07) is 8.14. The highest BCUT2D eigenvalue weighted by molar-refractivity contribution is 7.89. The molecule has 0 unspecified atom stereocenters. The van der Waals surface area contributed by atoms with Crippen LogP contribution in [-0.2, 0) is 14.8 Å². The summed E-state index contributed by atoms with van der Waals surface area (Å²) < 4.78 is 27.4. The number of pyridine rings is 1. The fourth-order valence-corrected chi connectivity index (χ4v) is 5.07. The van der Waals surface area contributed by atoms with Gasteiger partial charge in [-0.2, -0.15) is 4.31 Å². The van der Waals surface area contributed by atoms with Crippen molar-refractivity contribution in [2.24, 2.45) is 0 Å². The molecule has 1 aliphatic heterocycles. The summed E-state index contributed by atoms with van der Waals surface area (Å²) in [4.78, 5) is 30.8. The van der Waals surface area contributed by atoms with Gasteiger partial charge in [0, 0.05) is 31.9 Å². The Kier molecular flexibility index (Phi) is 7.07. The molecule has 1 aliphatic rings. The van der Waals surface area contributed by atoms with Gasteiger partial charge >= 0.3 is 0 Å². The molecule has 0 aliphatic carbocycles. The van der Waals surface area contributed by atoms with Crippen molar-refractivity contribution < 1.29 is 18.0 Å². The maximum Gasteiger partial charge on any atom is 0.254 e. The minimum Gasteiger partial charge on any atom is -0.332 e. The van der Waals surface area contributed by atoms with Crippen LogP contribution < -0.4 is 5.32 Å². The van der Waals surface area contributed by atoms with Crippen molar-refractivity contribution in [3.8, 4) is 0 Å². The molecule has 0 saturated carbocycles. The lowest BCUT2D eigenvalue weighted by Gasteiger charge is -2.26. The predicted molar refractivity (Wildman–Crippen MR) is 118 cm³/mol. The largest absolute Gasteiger partial charge is 0.332 e. The molecule has 0 bridgehead atoms. The van der Waals surface area contributed by atoms with Gasteiger partial charge in [-0.15, -0.1) is 0 Å². The van der Waals surface area contributed by atoms with E-state index in [4.69, 9.17) is 0 Å². The van der Waals surface area contributed by atoms with E-state index in [2.05, 4.69) is 10.3 Å². The number of nitrogens with zero attached hydrogens (tertiary/aromatic N) is 3. The molecule has 1 N–H and O–H groups in total. The first-order valence-electron chi connectivity index (χ1n) is 10.3. The van der Waals surface area contributed by atoms with E-state index in [0.29, 0.717) is 24.5 Å². The van der Waals surface area contributed by atoms with E-state index in [1.807, 2.05) is 13.0 Å². The van der Waals surface area contributed by atoms with Crippen molar-refractivity contribution >= 4 is 27.7 Å². The van der Waals surface area contributed by atoms with Crippen LogP contribution in [0.2, 0.25) is 0 Å². The molecule has 0 radical (unpaired) electrons. The second kappa shape index (κ2) is 9.57. The number of carbonyl (C=O) groups is 2. The molecule has 0 spiro atoms. The van der Waals surface area contributed by atoms with Crippen LogP contribution in [0, 0.1) is 13.8 Å². The molecule has 0 atom stereocenters. The molecule has 8 nitrogen and oxygen atoms in total. The van der Waals surface area contributed by atoms with Crippen molar-refractivity contribution in [2.75, 3.05) is 32.0 Å². The van der Waals surface area contributed by atoms with Crippen molar-refractivity contribution in [2.45, 2.75) is 38.0 Å². The summed E-state index contributed by atoms with van der Waals surface area (Å²) >= 11 is 0. The second-order valence-corrected chi connectivity index (χ2v) is 9.81. The second-order valence-electron chi connectivity index (χ2n) is 7.87. The van der Waals surface area contributed by atoms with E-state index in [1.165, 1.54) is 28.4 Å². The Balaban J connectivity index is 1.74. The molecule has 2 heterocycles. The Hall–Kier alpha value is -2.78. The van der Waals surface area contributed by atoms with Gasteiger partial charge in [-0.25, -0.2) is 13.4 Å².